The number of hydrogen-bond donors (Lipinski definition) is 1. The van der Waals surface area contributed by atoms with E-state index >= 15 is 0 Å². The van der Waals surface area contributed by atoms with E-state index in [4.69, 9.17) is 54.3 Å². The number of imidazole rings is 1. The Bertz CT molecular complexity index is 4390. The molecule has 0 amide bonds. The molecule has 64 heavy (non-hydrogen) atoms. The molecule has 1 N–H and O–H groups in total. The first-order valence-corrected chi connectivity index (χ1v) is 19.2. The molecule has 0 radical (unpaired) electrons. The molecule has 0 saturated carbocycles. The minimum atomic E-state index is -4.44. The Kier molecular flexibility index (Phi) is 5.00. The van der Waals surface area contributed by atoms with E-state index in [0.717, 1.165) is 22.8 Å². The Morgan fingerprint density at radius 2 is 1.28 bits per heavy atom. The minimum Gasteiger partial charge on any atom is -0.507 e. The molecular formula is C59H62N3OPt-. The number of phenols is 1. The molecule has 0 bridgehead atoms. The predicted octanol–water partition coefficient (Wildman–Crippen LogP) is 15.8. The summed E-state index contributed by atoms with van der Waals surface area (Å²) in [5, 5.41) is 13.2. The Labute approximate surface area is 448 Å². The van der Waals surface area contributed by atoms with Gasteiger partial charge in [0.2, 0.25) is 0 Å². The van der Waals surface area contributed by atoms with E-state index in [0.29, 0.717) is 11.6 Å². The van der Waals surface area contributed by atoms with Crippen LogP contribution in [0.15, 0.2) is 133 Å². The van der Waals surface area contributed by atoms with Gasteiger partial charge in [0.1, 0.15) is 11.6 Å². The number of phenolic OH excluding ortho intramolecular Hbond substituents is 1. The van der Waals surface area contributed by atoms with Gasteiger partial charge in [0.25, 0.3) is 0 Å². The summed E-state index contributed by atoms with van der Waals surface area (Å²) in [5.74, 6) is -2.63. The monoisotopic (exact) mass is 1060 g/mol. The Balaban J connectivity index is 0.0000143. The molecule has 2 aromatic heterocycles. The van der Waals surface area contributed by atoms with Crippen LogP contribution in [0.5, 0.6) is 5.75 Å². The predicted molar refractivity (Wildman–Crippen MR) is 266 cm³/mol. The summed E-state index contributed by atoms with van der Waals surface area (Å²) in [7, 11) is 0. The standard InChI is InChI=1S/C59H62N3O.Pt/c1-37-22-24-38(25-23-37)40-28-29-60-50(33-40)42-30-41(31-44(32-42)57(5,6)7)46-20-17-21-52-53(46)61-55(48-35-45(58(8,9)10)36-49(54(48)63)59(11,12)13)62(52)51-27-26-43(56(2,3)4)34-47(51)39-18-15-14-16-19-39;/h14-29,31-36,63H,1-13H3;/q-1;/i1D3,2D3,3D3,4D3,8D3,9D3,10D3,11D3,12D3,13D3,22D,23D,24D,25D,28D,29D,33D;. The maximum atomic E-state index is 13.2. The Hall–Kier alpha value is -5.57. The van der Waals surface area contributed by atoms with Crippen molar-refractivity contribution in [3.05, 3.63) is 167 Å². The summed E-state index contributed by atoms with van der Waals surface area (Å²) in [4.78, 5) is 9.18. The van der Waals surface area contributed by atoms with Crippen molar-refractivity contribution in [2.24, 2.45) is 0 Å². The van der Waals surface area contributed by atoms with E-state index in [1.54, 1.807) is 20.8 Å². The van der Waals surface area contributed by atoms with Crippen molar-refractivity contribution in [1.29, 1.82) is 0 Å². The van der Waals surface area contributed by atoms with Gasteiger partial charge < -0.3 is 5.11 Å². The van der Waals surface area contributed by atoms with Crippen molar-refractivity contribution in [3.8, 4) is 67.5 Å². The summed E-state index contributed by atoms with van der Waals surface area (Å²) in [6, 6.07) is 14.6. The van der Waals surface area contributed by atoms with Gasteiger partial charge in [-0.3, -0.25) is 9.55 Å². The first kappa shape index (κ1) is 18.7. The van der Waals surface area contributed by atoms with E-state index in [9.17, 15) is 6.48 Å². The van der Waals surface area contributed by atoms with Gasteiger partial charge >= 0.3 is 0 Å². The van der Waals surface area contributed by atoms with E-state index < -0.39 is 189 Å². The summed E-state index contributed by atoms with van der Waals surface area (Å²) in [6.45, 7) is -35.8. The summed E-state index contributed by atoms with van der Waals surface area (Å²) in [6.07, 6.45) is -0.895. The van der Waals surface area contributed by atoms with Crippen molar-refractivity contribution in [1.82, 2.24) is 14.5 Å². The van der Waals surface area contributed by atoms with Crippen LogP contribution in [0.25, 0.3) is 72.7 Å². The molecule has 8 aromatic rings. The number of para-hydroxylation sites is 1. The van der Waals surface area contributed by atoms with Crippen molar-refractivity contribution in [3.63, 3.8) is 0 Å². The Morgan fingerprint density at radius 3 is 1.97 bits per heavy atom. The van der Waals surface area contributed by atoms with Gasteiger partial charge in [-0.1, -0.05) is 184 Å². The number of aromatic nitrogens is 3. The van der Waals surface area contributed by atoms with E-state index in [2.05, 4.69) is 11.1 Å². The number of pyridine rings is 1. The second-order valence-electron chi connectivity index (χ2n) is 16.1. The van der Waals surface area contributed by atoms with Gasteiger partial charge in [0.15, 0.2) is 0 Å². The molecule has 0 fully saturated rings. The topological polar surface area (TPSA) is 50.9 Å². The van der Waals surface area contributed by atoms with Gasteiger partial charge in [0.05, 0.1) is 31.9 Å². The average Bonchev–Trinajstić information content (AvgIpc) is 1.36. The van der Waals surface area contributed by atoms with Gasteiger partial charge in [-0.2, -0.15) is 0 Å². The largest absolute Gasteiger partial charge is 0.507 e. The third kappa shape index (κ3) is 9.18. The molecule has 0 spiro atoms. The first-order valence-electron chi connectivity index (χ1n) is 37.7. The number of rotatable bonds is 6. The quantitative estimate of drug-likeness (QED) is 0.169. The number of benzene rings is 6. The number of fused-ring (bicyclic) bond motifs is 1. The van der Waals surface area contributed by atoms with Crippen LogP contribution in [-0.4, -0.2) is 19.6 Å². The second kappa shape index (κ2) is 17.1. The van der Waals surface area contributed by atoms with Crippen LogP contribution < -0.4 is 0 Å². The minimum absolute atomic E-state index is 0. The molecule has 4 nitrogen and oxygen atoms in total. The fourth-order valence-electron chi connectivity index (χ4n) is 7.14. The fraction of sp³-hybridized carbons (Fsp3) is 0.288. The van der Waals surface area contributed by atoms with Crippen LogP contribution in [0, 0.1) is 12.9 Å². The molecule has 0 aliphatic carbocycles. The zero-order valence-electron chi connectivity index (χ0n) is 71.3. The molecule has 0 aliphatic heterocycles. The Morgan fingerprint density at radius 1 is 0.609 bits per heavy atom. The van der Waals surface area contributed by atoms with Crippen LogP contribution in [0.1, 0.15) is 161 Å². The normalized spacial score (nSPS) is 22.8. The molecule has 0 aliphatic rings. The number of aromatic hydroxyl groups is 1. The maximum absolute atomic E-state index is 13.2. The summed E-state index contributed by atoms with van der Waals surface area (Å²) >= 11 is 0. The van der Waals surface area contributed by atoms with Crippen molar-refractivity contribution >= 4 is 11.0 Å². The smallest absolute Gasteiger partial charge is 0.148 e. The number of hydrogen-bond acceptors (Lipinski definition) is 3. The van der Waals surface area contributed by atoms with Gasteiger partial charge in [-0.25, -0.2) is 4.98 Å². The second-order valence-corrected chi connectivity index (χ2v) is 16.1. The molecule has 2 heterocycles. The number of nitrogens with zero attached hydrogens (tertiary/aromatic N) is 3. The van der Waals surface area contributed by atoms with Gasteiger partial charge in [-0.15, -0.1) is 29.3 Å². The molecule has 0 atom stereocenters. The summed E-state index contributed by atoms with van der Waals surface area (Å²) < 4.78 is 324. The molecule has 6 aromatic carbocycles. The maximum Gasteiger partial charge on any atom is 0.148 e. The van der Waals surface area contributed by atoms with Gasteiger partial charge in [0, 0.05) is 85.2 Å². The van der Waals surface area contributed by atoms with Crippen LogP contribution in [0.2, 0.25) is 0 Å². The van der Waals surface area contributed by atoms with E-state index in [-0.39, 0.29) is 71.7 Å². The fourth-order valence-corrected chi connectivity index (χ4v) is 7.14. The van der Waals surface area contributed by atoms with Crippen molar-refractivity contribution in [2.45, 2.75) is 111 Å². The SMILES string of the molecule is [2H]c1nc(-c2[c-]c(-c3cccc4c3nc(-c3cc(C(C([2H])([2H])[2H])(C([2H])([2H])[2H])C([2H])([2H])[2H])cc(C(C([2H])([2H])[2H])(C([2H])([2H])[2H])C([2H])([2H])[2H])c3O)n4-c3ccc(C(C([2H])([2H])[2H])(C([2H])([2H])[2H])C([2H])([2H])[2H])cc3-c3ccccc3)cc(C(C)(C)C)c2)c([2H])c(-c2c([2H])c([2H])c(C([2H])([2H])[2H])c([2H])c2[2H])c1[2H].[Pt]. The zero-order valence-corrected chi connectivity index (χ0v) is 36.5. The van der Waals surface area contributed by atoms with E-state index in [1.165, 1.54) is 60.7 Å². The van der Waals surface area contributed by atoms with E-state index in [1.807, 2.05) is 0 Å². The van der Waals surface area contributed by atoms with Crippen LogP contribution in [-0.2, 0) is 42.7 Å². The average molecular weight is 1060 g/mol. The molecule has 8 rings (SSSR count). The third-order valence-corrected chi connectivity index (χ3v) is 10.4. The van der Waals surface area contributed by atoms with Crippen LogP contribution in [0.4, 0.5) is 0 Å². The van der Waals surface area contributed by atoms with Crippen LogP contribution >= 0.6 is 0 Å². The molecule has 5 heteroatoms. The summed E-state index contributed by atoms with van der Waals surface area (Å²) in [5.41, 5.74) is -23.1. The van der Waals surface area contributed by atoms with Crippen molar-refractivity contribution < 1.29 is 76.9 Å². The first-order chi connectivity index (χ1) is 45.0. The molecule has 330 valence electrons. The molecule has 0 unspecified atom stereocenters. The van der Waals surface area contributed by atoms with Gasteiger partial charge in [-0.05, 0) is 86.6 Å². The third-order valence-electron chi connectivity index (χ3n) is 10.4. The zero-order chi connectivity index (χ0) is 76.3. The molecular weight excluding hydrogens is 962 g/mol. The van der Waals surface area contributed by atoms with Crippen LogP contribution in [0.3, 0.4) is 0 Å². The molecule has 0 saturated heterocycles. The van der Waals surface area contributed by atoms with Crippen molar-refractivity contribution in [2.75, 3.05) is 0 Å².